The van der Waals surface area contributed by atoms with E-state index < -0.39 is 0 Å². The number of likely N-dealkylation sites (tertiary alicyclic amines) is 2. The zero-order valence-electron chi connectivity index (χ0n) is 14.6. The highest BCUT2D eigenvalue weighted by atomic mass is 16.2. The van der Waals surface area contributed by atoms with Gasteiger partial charge in [0.15, 0.2) is 0 Å². The Hall–Kier alpha value is -2.04. The van der Waals surface area contributed by atoms with Crippen molar-refractivity contribution in [2.75, 3.05) is 19.6 Å². The first-order valence-electron chi connectivity index (χ1n) is 8.94. The minimum Gasteiger partial charge on any atom is -0.334 e. The van der Waals surface area contributed by atoms with Gasteiger partial charge in [-0.1, -0.05) is 37.3 Å². The number of urea groups is 1. The second-order valence-electron chi connectivity index (χ2n) is 7.15. The van der Waals surface area contributed by atoms with Crippen molar-refractivity contribution in [2.24, 2.45) is 5.92 Å². The number of nitrogens with zero attached hydrogens (tertiary/aromatic N) is 2. The Labute approximate surface area is 144 Å². The molecule has 0 bridgehead atoms. The van der Waals surface area contributed by atoms with Crippen LogP contribution in [0.3, 0.4) is 0 Å². The van der Waals surface area contributed by atoms with Crippen molar-refractivity contribution in [1.29, 1.82) is 0 Å². The van der Waals surface area contributed by atoms with E-state index in [0.717, 1.165) is 31.5 Å². The molecule has 2 unspecified atom stereocenters. The number of benzene rings is 1. The fraction of sp³-hybridized carbons (Fsp3) is 0.579. The molecule has 1 aromatic carbocycles. The Kier molecular flexibility index (Phi) is 5.07. The van der Waals surface area contributed by atoms with Crippen molar-refractivity contribution >= 4 is 11.9 Å². The van der Waals surface area contributed by atoms with Gasteiger partial charge in [0.1, 0.15) is 0 Å². The summed E-state index contributed by atoms with van der Waals surface area (Å²) in [5.74, 6) is 0.813. The molecule has 2 aliphatic rings. The molecule has 2 atom stereocenters. The van der Waals surface area contributed by atoms with Crippen LogP contribution in [0.1, 0.15) is 44.7 Å². The summed E-state index contributed by atoms with van der Waals surface area (Å²) >= 11 is 0. The van der Waals surface area contributed by atoms with Crippen LogP contribution in [-0.4, -0.2) is 47.4 Å². The van der Waals surface area contributed by atoms with Gasteiger partial charge < -0.3 is 15.1 Å². The van der Waals surface area contributed by atoms with Crippen LogP contribution in [0.2, 0.25) is 0 Å². The van der Waals surface area contributed by atoms with Crippen LogP contribution in [-0.2, 0) is 4.79 Å². The molecule has 2 fully saturated rings. The van der Waals surface area contributed by atoms with E-state index in [4.69, 9.17) is 0 Å². The number of hydrogen-bond acceptors (Lipinski definition) is 2. The number of nitrogens with one attached hydrogen (secondary N) is 1. The van der Waals surface area contributed by atoms with Crippen molar-refractivity contribution < 1.29 is 9.59 Å². The van der Waals surface area contributed by atoms with Crippen molar-refractivity contribution in [3.05, 3.63) is 35.9 Å². The molecule has 2 aliphatic heterocycles. The monoisotopic (exact) mass is 329 g/mol. The highest BCUT2D eigenvalue weighted by Crippen LogP contribution is 2.25. The molecule has 0 saturated carbocycles. The van der Waals surface area contributed by atoms with E-state index in [2.05, 4.69) is 12.2 Å². The van der Waals surface area contributed by atoms with Crippen LogP contribution in [0.15, 0.2) is 30.3 Å². The van der Waals surface area contributed by atoms with E-state index in [1.165, 1.54) is 0 Å². The second-order valence-corrected chi connectivity index (χ2v) is 7.15. The van der Waals surface area contributed by atoms with Gasteiger partial charge in [-0.2, -0.15) is 0 Å². The Morgan fingerprint density at radius 3 is 2.54 bits per heavy atom. The summed E-state index contributed by atoms with van der Waals surface area (Å²) in [6, 6.07) is 9.97. The summed E-state index contributed by atoms with van der Waals surface area (Å²) in [7, 11) is 0. The van der Waals surface area contributed by atoms with Gasteiger partial charge in [-0.05, 0) is 31.2 Å². The van der Waals surface area contributed by atoms with Gasteiger partial charge in [0, 0.05) is 26.1 Å². The van der Waals surface area contributed by atoms with E-state index in [9.17, 15) is 9.59 Å². The van der Waals surface area contributed by atoms with Crippen molar-refractivity contribution in [3.63, 3.8) is 0 Å². The maximum absolute atomic E-state index is 12.4. The lowest BCUT2D eigenvalue weighted by Crippen LogP contribution is -2.48. The molecule has 2 saturated heterocycles. The quantitative estimate of drug-likeness (QED) is 0.927. The molecule has 3 amide bonds. The zero-order valence-corrected chi connectivity index (χ0v) is 14.6. The molecule has 0 aromatic heterocycles. The Morgan fingerprint density at radius 2 is 1.88 bits per heavy atom. The van der Waals surface area contributed by atoms with Crippen molar-refractivity contribution in [3.8, 4) is 0 Å². The average molecular weight is 329 g/mol. The fourth-order valence-corrected chi connectivity index (χ4v) is 3.59. The van der Waals surface area contributed by atoms with Gasteiger partial charge >= 0.3 is 6.03 Å². The van der Waals surface area contributed by atoms with E-state index in [-0.39, 0.29) is 24.0 Å². The standard InChI is InChI=1S/C19H27N3O2/c1-14-8-10-21(11-9-14)19(24)20-17-12-18(23)22(13-17)15(2)16-6-4-3-5-7-16/h3-7,14-15,17H,8-13H2,1-2H3,(H,20,24). The third-order valence-electron chi connectivity index (χ3n) is 5.31. The van der Waals surface area contributed by atoms with Crippen LogP contribution in [0.25, 0.3) is 0 Å². The smallest absolute Gasteiger partial charge is 0.317 e. The molecule has 5 heteroatoms. The first kappa shape index (κ1) is 16.8. The molecule has 3 rings (SSSR count). The fourth-order valence-electron chi connectivity index (χ4n) is 3.59. The van der Waals surface area contributed by atoms with Crippen LogP contribution in [0, 0.1) is 5.92 Å². The lowest BCUT2D eigenvalue weighted by molar-refractivity contribution is -0.129. The first-order valence-corrected chi connectivity index (χ1v) is 8.94. The maximum Gasteiger partial charge on any atom is 0.317 e. The van der Waals surface area contributed by atoms with Crippen LogP contribution >= 0.6 is 0 Å². The molecule has 0 spiro atoms. The number of hydrogen-bond donors (Lipinski definition) is 1. The molecule has 0 radical (unpaired) electrons. The number of piperidine rings is 1. The zero-order chi connectivity index (χ0) is 17.1. The van der Waals surface area contributed by atoms with Gasteiger partial charge in [-0.15, -0.1) is 0 Å². The van der Waals surface area contributed by atoms with Gasteiger partial charge in [0.25, 0.3) is 0 Å². The Morgan fingerprint density at radius 1 is 1.21 bits per heavy atom. The van der Waals surface area contributed by atoms with E-state index in [1.54, 1.807) is 0 Å². The van der Waals surface area contributed by atoms with E-state index >= 15 is 0 Å². The van der Waals surface area contributed by atoms with Crippen molar-refractivity contribution in [2.45, 2.75) is 45.2 Å². The van der Waals surface area contributed by atoms with Gasteiger partial charge in [-0.25, -0.2) is 4.79 Å². The van der Waals surface area contributed by atoms with E-state index in [1.807, 2.05) is 47.1 Å². The molecule has 2 heterocycles. The average Bonchev–Trinajstić information content (AvgIpc) is 2.95. The SMILES string of the molecule is CC1CCN(C(=O)NC2CC(=O)N(C(C)c3ccccc3)C2)CC1. The summed E-state index contributed by atoms with van der Waals surface area (Å²) in [6.07, 6.45) is 2.52. The largest absolute Gasteiger partial charge is 0.334 e. The summed E-state index contributed by atoms with van der Waals surface area (Å²) in [5.41, 5.74) is 1.13. The first-order chi connectivity index (χ1) is 11.5. The van der Waals surface area contributed by atoms with Gasteiger partial charge in [0.05, 0.1) is 12.1 Å². The van der Waals surface area contributed by atoms with Crippen molar-refractivity contribution in [1.82, 2.24) is 15.1 Å². The van der Waals surface area contributed by atoms with Gasteiger partial charge in [0.2, 0.25) is 5.91 Å². The van der Waals surface area contributed by atoms with Crippen LogP contribution in [0.5, 0.6) is 0 Å². The lowest BCUT2D eigenvalue weighted by Gasteiger charge is -2.31. The molecule has 130 valence electrons. The number of amides is 3. The lowest BCUT2D eigenvalue weighted by atomic mass is 10.00. The number of carbonyl (C=O) groups is 2. The predicted octanol–water partition coefficient (Wildman–Crippen LogP) is 2.79. The Balaban J connectivity index is 1.56. The Bertz CT molecular complexity index is 582. The minimum atomic E-state index is -0.0875. The highest BCUT2D eigenvalue weighted by Gasteiger charge is 2.34. The summed E-state index contributed by atoms with van der Waals surface area (Å²) < 4.78 is 0. The van der Waals surface area contributed by atoms with Crippen LogP contribution < -0.4 is 5.32 Å². The third kappa shape index (κ3) is 3.71. The third-order valence-corrected chi connectivity index (χ3v) is 5.31. The molecule has 1 N–H and O–H groups in total. The van der Waals surface area contributed by atoms with Gasteiger partial charge in [-0.3, -0.25) is 4.79 Å². The summed E-state index contributed by atoms with van der Waals surface area (Å²) in [4.78, 5) is 28.5. The molecular weight excluding hydrogens is 302 g/mol. The second kappa shape index (κ2) is 7.24. The predicted molar refractivity (Wildman–Crippen MR) is 93.5 cm³/mol. The number of rotatable bonds is 3. The summed E-state index contributed by atoms with van der Waals surface area (Å²) in [6.45, 7) is 6.50. The molecule has 0 aliphatic carbocycles. The summed E-state index contributed by atoms with van der Waals surface area (Å²) in [5, 5.41) is 3.05. The molecule has 1 aromatic rings. The van der Waals surface area contributed by atoms with E-state index in [0.29, 0.717) is 18.9 Å². The van der Waals surface area contributed by atoms with Crippen LogP contribution in [0.4, 0.5) is 4.79 Å². The molecular formula is C19H27N3O2. The molecule has 5 nitrogen and oxygen atoms in total. The number of carbonyl (C=O) groups excluding carboxylic acids is 2. The normalized spacial score (nSPS) is 23.4. The molecule has 24 heavy (non-hydrogen) atoms. The minimum absolute atomic E-state index is 0.0195. The maximum atomic E-state index is 12.4. The topological polar surface area (TPSA) is 52.7 Å². The highest BCUT2D eigenvalue weighted by molar-refractivity contribution is 5.82.